The van der Waals surface area contributed by atoms with E-state index in [9.17, 15) is 14.7 Å². The average Bonchev–Trinajstić information content (AvgIpc) is 3.45. The Morgan fingerprint density at radius 1 is 1.17 bits per heavy atom. The van der Waals surface area contributed by atoms with Gasteiger partial charge in [0, 0.05) is 24.5 Å². The number of rotatable bonds is 11. The van der Waals surface area contributed by atoms with Crippen LogP contribution < -0.4 is 5.32 Å². The number of pyridine rings is 1. The molecule has 4 rings (SSSR count). The minimum Gasteiger partial charge on any atom is -0.481 e. The second kappa shape index (κ2) is 12.4. The molecule has 0 radical (unpaired) electrons. The van der Waals surface area contributed by atoms with Crippen LogP contribution in [0.2, 0.25) is 0 Å². The summed E-state index contributed by atoms with van der Waals surface area (Å²) in [6, 6.07) is 13.5. The number of benzene rings is 1. The first-order valence-electron chi connectivity index (χ1n) is 12.0. The number of amides is 1. The second-order valence-corrected chi connectivity index (χ2v) is 8.63. The highest BCUT2D eigenvalue weighted by atomic mass is 16.4. The number of nitrogens with zero attached hydrogens (tertiary/aromatic N) is 2. The zero-order valence-corrected chi connectivity index (χ0v) is 19.9. The highest BCUT2D eigenvalue weighted by Crippen LogP contribution is 2.37. The summed E-state index contributed by atoms with van der Waals surface area (Å²) >= 11 is 0. The first kappa shape index (κ1) is 24.9. The van der Waals surface area contributed by atoms with Crippen LogP contribution in [-0.4, -0.2) is 27.0 Å². The Morgan fingerprint density at radius 2 is 2.03 bits per heavy atom. The van der Waals surface area contributed by atoms with Gasteiger partial charge in [0.05, 0.1) is 18.0 Å². The summed E-state index contributed by atoms with van der Waals surface area (Å²) in [4.78, 5) is 33.5. The monoisotopic (exact) mass is 483 g/mol. The third kappa shape index (κ3) is 6.66. The van der Waals surface area contributed by atoms with Crippen molar-refractivity contribution in [1.29, 1.82) is 0 Å². The number of carboxylic acids is 1. The lowest BCUT2D eigenvalue weighted by atomic mass is 9.81. The van der Waals surface area contributed by atoms with Gasteiger partial charge in [0.15, 0.2) is 0 Å². The van der Waals surface area contributed by atoms with Gasteiger partial charge in [-0.3, -0.25) is 14.6 Å². The molecule has 0 fully saturated rings. The molecular formula is C29H29N3O4. The van der Waals surface area contributed by atoms with Crippen LogP contribution in [0.3, 0.4) is 0 Å². The van der Waals surface area contributed by atoms with Crippen LogP contribution in [0.25, 0.3) is 11.6 Å². The van der Waals surface area contributed by atoms with E-state index in [1.165, 1.54) is 12.5 Å². The van der Waals surface area contributed by atoms with Gasteiger partial charge in [-0.2, -0.15) is 0 Å². The molecule has 7 nitrogen and oxygen atoms in total. The summed E-state index contributed by atoms with van der Waals surface area (Å²) < 4.78 is 5.52. The molecule has 7 heteroatoms. The molecule has 0 saturated heterocycles. The minimum atomic E-state index is -0.901. The fourth-order valence-corrected chi connectivity index (χ4v) is 4.26. The number of aliphatic carboxylic acids is 1. The molecule has 0 spiro atoms. The van der Waals surface area contributed by atoms with Crippen LogP contribution in [0, 0.1) is 11.8 Å². The van der Waals surface area contributed by atoms with Crippen molar-refractivity contribution in [3.8, 4) is 0 Å². The van der Waals surface area contributed by atoms with Crippen molar-refractivity contribution in [2.75, 3.05) is 0 Å². The molecule has 2 aromatic heterocycles. The quantitative estimate of drug-likeness (QED) is 0.359. The normalized spacial score (nSPS) is 16.3. The third-order valence-electron chi connectivity index (χ3n) is 6.11. The van der Waals surface area contributed by atoms with Gasteiger partial charge in [0.2, 0.25) is 11.8 Å². The molecule has 2 atom stereocenters. The summed E-state index contributed by atoms with van der Waals surface area (Å²) in [7, 11) is 0. The van der Waals surface area contributed by atoms with E-state index < -0.39 is 17.8 Å². The maximum Gasteiger partial charge on any atom is 0.310 e. The van der Waals surface area contributed by atoms with Gasteiger partial charge in [0.1, 0.15) is 6.26 Å². The van der Waals surface area contributed by atoms with E-state index in [-0.39, 0.29) is 5.91 Å². The Balaban J connectivity index is 1.43. The van der Waals surface area contributed by atoms with E-state index in [0.29, 0.717) is 42.8 Å². The smallest absolute Gasteiger partial charge is 0.310 e. The Bertz CT molecular complexity index is 1230. The van der Waals surface area contributed by atoms with Crippen molar-refractivity contribution in [3.05, 3.63) is 108 Å². The van der Waals surface area contributed by atoms with Crippen LogP contribution in [0.4, 0.5) is 0 Å². The van der Waals surface area contributed by atoms with E-state index in [4.69, 9.17) is 4.42 Å². The van der Waals surface area contributed by atoms with Gasteiger partial charge in [-0.15, -0.1) is 0 Å². The van der Waals surface area contributed by atoms with Crippen molar-refractivity contribution < 1.29 is 19.1 Å². The number of hydrogen-bond donors (Lipinski definition) is 2. The molecule has 2 unspecified atom stereocenters. The van der Waals surface area contributed by atoms with Gasteiger partial charge >= 0.3 is 5.97 Å². The van der Waals surface area contributed by atoms with E-state index in [2.05, 4.69) is 15.3 Å². The Morgan fingerprint density at radius 3 is 2.75 bits per heavy atom. The van der Waals surface area contributed by atoms with Crippen molar-refractivity contribution >= 4 is 23.5 Å². The van der Waals surface area contributed by atoms with Crippen LogP contribution >= 0.6 is 0 Å². The molecule has 3 aromatic rings. The van der Waals surface area contributed by atoms with E-state index in [1.54, 1.807) is 18.5 Å². The zero-order chi connectivity index (χ0) is 25.2. The van der Waals surface area contributed by atoms with Crippen LogP contribution in [0.1, 0.15) is 42.7 Å². The predicted octanol–water partition coefficient (Wildman–Crippen LogP) is 5.30. The Hall–Kier alpha value is -4.26. The lowest BCUT2D eigenvalue weighted by Crippen LogP contribution is -2.31. The highest BCUT2D eigenvalue weighted by Gasteiger charge is 2.31. The summed E-state index contributed by atoms with van der Waals surface area (Å²) in [6.45, 7) is 0.430. The first-order valence-corrected chi connectivity index (χ1v) is 12.0. The number of aromatic nitrogens is 2. The molecule has 1 aliphatic carbocycles. The maximum atomic E-state index is 12.9. The molecule has 36 heavy (non-hydrogen) atoms. The molecule has 0 aliphatic heterocycles. The number of carbonyl (C=O) groups excluding carboxylic acids is 1. The number of unbranched alkanes of at least 4 members (excludes halogenated alkanes) is 1. The standard InChI is InChI=1S/C29H29N3O4/c33-27(32-20-22-9-3-1-4-10-22)23-13-14-24(26(18-23)28-31-16-17-36-28)25(29(34)35)12-6-2-5-8-21-11-7-15-30-19-21/h1,3-5,7-11,14-19,23,25H,2,6,12-13,20H2,(H,32,33)(H,34,35). The topological polar surface area (TPSA) is 105 Å². The summed E-state index contributed by atoms with van der Waals surface area (Å²) in [5.74, 6) is -1.85. The Kier molecular flexibility index (Phi) is 8.59. The van der Waals surface area contributed by atoms with Crippen LogP contribution in [0.5, 0.6) is 0 Å². The van der Waals surface area contributed by atoms with E-state index >= 15 is 0 Å². The largest absolute Gasteiger partial charge is 0.481 e. The molecule has 1 aromatic carbocycles. The van der Waals surface area contributed by atoms with Crippen LogP contribution in [0.15, 0.2) is 95.5 Å². The van der Waals surface area contributed by atoms with Gasteiger partial charge in [-0.05, 0) is 48.4 Å². The molecule has 184 valence electrons. The maximum absolute atomic E-state index is 12.9. The van der Waals surface area contributed by atoms with E-state index in [0.717, 1.165) is 17.5 Å². The molecule has 1 aliphatic rings. The summed E-state index contributed by atoms with van der Waals surface area (Å²) in [6.07, 6.45) is 16.5. The molecule has 2 heterocycles. The van der Waals surface area contributed by atoms with Crippen molar-refractivity contribution in [1.82, 2.24) is 15.3 Å². The van der Waals surface area contributed by atoms with Gasteiger partial charge in [0.25, 0.3) is 0 Å². The van der Waals surface area contributed by atoms with E-state index in [1.807, 2.05) is 60.7 Å². The SMILES string of the molecule is O=C(NCc1ccccc1)C1C=C(c2ncco2)C(C(CCCC=Cc2cccnc2)C(=O)O)=CC1. The molecule has 2 N–H and O–H groups in total. The first-order chi connectivity index (χ1) is 17.6. The summed E-state index contributed by atoms with van der Waals surface area (Å²) in [5.41, 5.74) is 3.24. The zero-order valence-electron chi connectivity index (χ0n) is 19.9. The molecule has 0 saturated carbocycles. The average molecular weight is 484 g/mol. The summed E-state index contributed by atoms with van der Waals surface area (Å²) in [5, 5.41) is 13.0. The lowest BCUT2D eigenvalue weighted by molar-refractivity contribution is -0.140. The fourth-order valence-electron chi connectivity index (χ4n) is 4.26. The van der Waals surface area contributed by atoms with Crippen LogP contribution in [-0.2, 0) is 16.1 Å². The Labute approximate surface area is 210 Å². The van der Waals surface area contributed by atoms with Gasteiger partial charge in [-0.25, -0.2) is 4.98 Å². The number of hydrogen-bond acceptors (Lipinski definition) is 5. The molecule has 0 bridgehead atoms. The third-order valence-corrected chi connectivity index (χ3v) is 6.11. The predicted molar refractivity (Wildman–Crippen MR) is 137 cm³/mol. The fraction of sp³-hybridized carbons (Fsp3) is 0.241. The van der Waals surface area contributed by atoms with Crippen molar-refractivity contribution in [2.45, 2.75) is 32.2 Å². The van der Waals surface area contributed by atoms with Gasteiger partial charge in [-0.1, -0.05) is 60.7 Å². The molecular weight excluding hydrogens is 454 g/mol. The number of carbonyl (C=O) groups is 2. The lowest BCUT2D eigenvalue weighted by Gasteiger charge is -2.24. The second-order valence-electron chi connectivity index (χ2n) is 8.63. The van der Waals surface area contributed by atoms with Crippen molar-refractivity contribution in [2.24, 2.45) is 11.8 Å². The van der Waals surface area contributed by atoms with Crippen molar-refractivity contribution in [3.63, 3.8) is 0 Å². The minimum absolute atomic E-state index is 0.120. The number of allylic oxidation sites excluding steroid dienone is 3. The van der Waals surface area contributed by atoms with Gasteiger partial charge < -0.3 is 14.8 Å². The molecule has 1 amide bonds. The number of carboxylic acid groups (broad SMARTS) is 1. The highest BCUT2D eigenvalue weighted by molar-refractivity contribution is 5.90. The number of oxazole rings is 1. The number of nitrogens with one attached hydrogen (secondary N) is 1.